The van der Waals surface area contributed by atoms with Gasteiger partial charge in [0.2, 0.25) is 0 Å². The highest BCUT2D eigenvalue weighted by atomic mass is 32.1. The number of likely N-dealkylation sites (tertiary alicyclic amines) is 1. The first-order chi connectivity index (χ1) is 14.4. The maximum absolute atomic E-state index is 13.1. The fraction of sp³-hybridized carbons (Fsp3) is 0.318. The van der Waals surface area contributed by atoms with E-state index in [2.05, 4.69) is 4.98 Å². The molecule has 1 aromatic heterocycles. The molecule has 8 heteroatoms. The Labute approximate surface area is 176 Å². The number of para-hydroxylation sites is 1. The summed E-state index contributed by atoms with van der Waals surface area (Å²) in [5.41, 5.74) is 1.09. The second-order valence-corrected chi connectivity index (χ2v) is 8.47. The van der Waals surface area contributed by atoms with Crippen LogP contribution in [0, 0.1) is 11.7 Å². The van der Waals surface area contributed by atoms with Gasteiger partial charge in [-0.05, 0) is 49.2 Å². The van der Waals surface area contributed by atoms with Crippen LogP contribution >= 0.6 is 11.3 Å². The standard InChI is InChI=1S/C22H21FN2O4S/c23-15-9-7-13(8-10-15)18(26)14-4-3-11-25(12-14)22(29)20(28)19(27)21-24-16-5-1-2-6-17(16)30-21/h1-2,5-10,14,19-20,27-28H,3-4,11-12H2/t14-,19-,20-/m1/s1. The van der Waals surface area contributed by atoms with Crippen molar-refractivity contribution in [3.05, 3.63) is 64.9 Å². The highest BCUT2D eigenvalue weighted by Gasteiger charge is 2.35. The predicted octanol–water partition coefficient (Wildman–Crippen LogP) is 2.95. The summed E-state index contributed by atoms with van der Waals surface area (Å²) in [6.45, 7) is 0.550. The summed E-state index contributed by atoms with van der Waals surface area (Å²) in [6.07, 6.45) is -1.89. The van der Waals surface area contributed by atoms with Crippen molar-refractivity contribution in [2.75, 3.05) is 13.1 Å². The number of piperidine rings is 1. The molecule has 1 aliphatic rings. The first-order valence-electron chi connectivity index (χ1n) is 9.74. The van der Waals surface area contributed by atoms with E-state index in [1.54, 1.807) is 6.07 Å². The zero-order valence-electron chi connectivity index (χ0n) is 16.1. The van der Waals surface area contributed by atoms with Crippen LogP contribution in [0.2, 0.25) is 0 Å². The molecular formula is C22H21FN2O4S. The molecule has 0 unspecified atom stereocenters. The van der Waals surface area contributed by atoms with E-state index in [9.17, 15) is 24.2 Å². The van der Waals surface area contributed by atoms with Gasteiger partial charge in [0.1, 0.15) is 16.9 Å². The Morgan fingerprint density at radius 3 is 2.60 bits per heavy atom. The Kier molecular flexibility index (Phi) is 5.90. The van der Waals surface area contributed by atoms with Crippen molar-refractivity contribution in [3.63, 3.8) is 0 Å². The Morgan fingerprint density at radius 2 is 1.87 bits per heavy atom. The van der Waals surface area contributed by atoms with E-state index in [4.69, 9.17) is 0 Å². The number of rotatable bonds is 5. The number of aliphatic hydroxyl groups excluding tert-OH is 2. The van der Waals surface area contributed by atoms with Gasteiger partial charge in [-0.2, -0.15) is 0 Å². The molecule has 6 nitrogen and oxygen atoms in total. The number of halogens is 1. The molecule has 30 heavy (non-hydrogen) atoms. The first-order valence-corrected chi connectivity index (χ1v) is 10.6. The van der Waals surface area contributed by atoms with Crippen LogP contribution < -0.4 is 0 Å². The number of fused-ring (bicyclic) bond motifs is 1. The number of hydrogen-bond donors (Lipinski definition) is 2. The second-order valence-electron chi connectivity index (χ2n) is 7.40. The van der Waals surface area contributed by atoms with Crippen molar-refractivity contribution < 1.29 is 24.2 Å². The molecule has 1 amide bonds. The molecular weight excluding hydrogens is 407 g/mol. The molecule has 156 valence electrons. The summed E-state index contributed by atoms with van der Waals surface area (Å²) in [7, 11) is 0. The average Bonchev–Trinajstić information content (AvgIpc) is 3.22. The van der Waals surface area contributed by atoms with Crippen LogP contribution in [-0.2, 0) is 4.79 Å². The molecule has 3 aromatic rings. The molecule has 0 saturated carbocycles. The minimum absolute atomic E-state index is 0.151. The first kappa shape index (κ1) is 20.6. The number of aliphatic hydroxyl groups is 2. The van der Waals surface area contributed by atoms with Gasteiger partial charge in [0, 0.05) is 24.6 Å². The monoisotopic (exact) mass is 428 g/mol. The van der Waals surface area contributed by atoms with Crippen LogP contribution in [0.15, 0.2) is 48.5 Å². The summed E-state index contributed by atoms with van der Waals surface area (Å²) < 4.78 is 14.0. The molecule has 1 fully saturated rings. The normalized spacial score (nSPS) is 18.9. The Hall–Kier alpha value is -2.68. The minimum atomic E-state index is -1.66. The maximum atomic E-state index is 13.1. The Bertz CT molecular complexity index is 1040. The molecule has 1 aliphatic heterocycles. The molecule has 1 saturated heterocycles. The van der Waals surface area contributed by atoms with Crippen LogP contribution in [0.5, 0.6) is 0 Å². The topological polar surface area (TPSA) is 90.7 Å². The maximum Gasteiger partial charge on any atom is 0.254 e. The number of thiazole rings is 1. The van der Waals surface area contributed by atoms with E-state index in [1.807, 2.05) is 18.2 Å². The third kappa shape index (κ3) is 4.12. The van der Waals surface area contributed by atoms with Crippen LogP contribution in [0.4, 0.5) is 4.39 Å². The highest BCUT2D eigenvalue weighted by molar-refractivity contribution is 7.18. The van der Waals surface area contributed by atoms with Crippen molar-refractivity contribution in [2.24, 2.45) is 5.92 Å². The third-order valence-corrected chi connectivity index (χ3v) is 6.46. The summed E-state index contributed by atoms with van der Waals surface area (Å²) in [5.74, 6) is -1.63. The zero-order chi connectivity index (χ0) is 21.3. The van der Waals surface area contributed by atoms with Gasteiger partial charge >= 0.3 is 0 Å². The third-order valence-electron chi connectivity index (χ3n) is 5.35. The van der Waals surface area contributed by atoms with Crippen molar-refractivity contribution >= 4 is 33.2 Å². The Balaban J connectivity index is 1.45. The summed E-state index contributed by atoms with van der Waals surface area (Å²) in [5, 5.41) is 21.3. The van der Waals surface area contributed by atoms with Gasteiger partial charge in [-0.3, -0.25) is 9.59 Å². The molecule has 2 N–H and O–H groups in total. The van der Waals surface area contributed by atoms with Crippen LogP contribution in [0.3, 0.4) is 0 Å². The van der Waals surface area contributed by atoms with E-state index in [0.717, 1.165) is 4.70 Å². The van der Waals surface area contributed by atoms with E-state index in [-0.39, 0.29) is 17.3 Å². The number of ketones is 1. The summed E-state index contributed by atoms with van der Waals surface area (Å²) in [4.78, 5) is 31.3. The lowest BCUT2D eigenvalue weighted by molar-refractivity contribution is -0.148. The minimum Gasteiger partial charge on any atom is -0.383 e. The van der Waals surface area contributed by atoms with Gasteiger partial charge in [-0.25, -0.2) is 9.37 Å². The largest absolute Gasteiger partial charge is 0.383 e. The number of carbonyl (C=O) groups excluding carboxylic acids is 2. The molecule has 0 radical (unpaired) electrons. The fourth-order valence-electron chi connectivity index (χ4n) is 3.71. The zero-order valence-corrected chi connectivity index (χ0v) is 16.9. The Morgan fingerprint density at radius 1 is 1.13 bits per heavy atom. The van der Waals surface area contributed by atoms with Gasteiger partial charge in [-0.15, -0.1) is 11.3 Å². The lowest BCUT2D eigenvalue weighted by atomic mass is 9.89. The number of benzene rings is 2. The number of nitrogens with zero attached hydrogens (tertiary/aromatic N) is 2. The second kappa shape index (κ2) is 8.59. The number of Topliss-reactive ketones (excluding diaryl/α,β-unsaturated/α-hetero) is 1. The van der Waals surface area contributed by atoms with Gasteiger partial charge in [0.15, 0.2) is 11.9 Å². The molecule has 3 atom stereocenters. The van der Waals surface area contributed by atoms with E-state index in [1.165, 1.54) is 40.5 Å². The predicted molar refractivity (Wildman–Crippen MR) is 111 cm³/mol. The molecule has 2 heterocycles. The van der Waals surface area contributed by atoms with Gasteiger partial charge < -0.3 is 15.1 Å². The summed E-state index contributed by atoms with van der Waals surface area (Å²) in [6, 6.07) is 12.7. The van der Waals surface area contributed by atoms with Gasteiger partial charge in [-0.1, -0.05) is 12.1 Å². The molecule has 2 aromatic carbocycles. The van der Waals surface area contributed by atoms with Crippen LogP contribution in [0.25, 0.3) is 10.2 Å². The quantitative estimate of drug-likeness (QED) is 0.610. The van der Waals surface area contributed by atoms with Crippen molar-refractivity contribution in [1.29, 1.82) is 0 Å². The van der Waals surface area contributed by atoms with Crippen molar-refractivity contribution in [2.45, 2.75) is 25.0 Å². The number of amides is 1. The fourth-order valence-corrected chi connectivity index (χ4v) is 4.70. The molecule has 4 rings (SSSR count). The molecule has 0 aliphatic carbocycles. The number of hydrogen-bond acceptors (Lipinski definition) is 6. The molecule has 0 spiro atoms. The summed E-state index contributed by atoms with van der Waals surface area (Å²) >= 11 is 1.23. The molecule has 0 bridgehead atoms. The van der Waals surface area contributed by atoms with Gasteiger partial charge in [0.05, 0.1) is 10.2 Å². The highest BCUT2D eigenvalue weighted by Crippen LogP contribution is 2.29. The number of aromatic nitrogens is 1. The van der Waals surface area contributed by atoms with Crippen LogP contribution in [0.1, 0.15) is 34.3 Å². The van der Waals surface area contributed by atoms with Gasteiger partial charge in [0.25, 0.3) is 5.91 Å². The smallest absolute Gasteiger partial charge is 0.254 e. The van der Waals surface area contributed by atoms with Crippen molar-refractivity contribution in [1.82, 2.24) is 9.88 Å². The van der Waals surface area contributed by atoms with E-state index in [0.29, 0.717) is 30.5 Å². The van der Waals surface area contributed by atoms with E-state index >= 15 is 0 Å². The van der Waals surface area contributed by atoms with Crippen LogP contribution in [-0.4, -0.2) is 51.0 Å². The lowest BCUT2D eigenvalue weighted by Crippen LogP contribution is -2.48. The SMILES string of the molecule is O=C(c1ccc(F)cc1)[C@@H]1CCCN(C(=O)[C@H](O)[C@@H](O)c2nc3ccccc3s2)C1. The number of carbonyl (C=O) groups is 2. The lowest BCUT2D eigenvalue weighted by Gasteiger charge is -2.34. The van der Waals surface area contributed by atoms with Crippen molar-refractivity contribution in [3.8, 4) is 0 Å². The average molecular weight is 428 g/mol. The van der Waals surface area contributed by atoms with E-state index < -0.39 is 29.9 Å².